The van der Waals surface area contributed by atoms with Gasteiger partial charge in [-0.05, 0) is 42.5 Å². The lowest BCUT2D eigenvalue weighted by atomic mass is 10.2. The van der Waals surface area contributed by atoms with Gasteiger partial charge in [-0.3, -0.25) is 0 Å². The zero-order chi connectivity index (χ0) is 19.2. The zero-order valence-electron chi connectivity index (χ0n) is 14.7. The highest BCUT2D eigenvalue weighted by Gasteiger charge is 2.12. The summed E-state index contributed by atoms with van der Waals surface area (Å²) in [5.74, 6) is -0.414. The molecule has 140 valence electrons. The number of halogens is 1. The molecule has 1 N–H and O–H groups in total. The Labute approximate surface area is 159 Å². The van der Waals surface area contributed by atoms with E-state index in [-0.39, 0.29) is 17.9 Å². The van der Waals surface area contributed by atoms with Crippen molar-refractivity contribution in [2.75, 3.05) is 19.5 Å². The van der Waals surface area contributed by atoms with E-state index >= 15 is 0 Å². The molecule has 3 aromatic rings. The van der Waals surface area contributed by atoms with Crippen molar-refractivity contribution in [1.29, 1.82) is 0 Å². The number of hydrogen-bond acceptors (Lipinski definition) is 7. The molecule has 8 heteroatoms. The molecule has 0 unspecified atom stereocenters. The van der Waals surface area contributed by atoms with E-state index in [1.807, 2.05) is 24.3 Å². The van der Waals surface area contributed by atoms with Gasteiger partial charge in [0.05, 0.1) is 25.5 Å². The second-order valence-corrected chi connectivity index (χ2v) is 6.28. The first-order valence-corrected chi connectivity index (χ1v) is 8.83. The standard InChI is InChI=1S/C19H17FN2O4S/c1-24-15-6-4-13(5-7-15)21-19-22-14(11-27-19)10-26-18(23)12-3-8-17(25-2)16(20)9-12/h3-9,11H,10H2,1-2H3,(H,21,22). The van der Waals surface area contributed by atoms with Crippen LogP contribution in [0.1, 0.15) is 16.1 Å². The Morgan fingerprint density at radius 1 is 1.15 bits per heavy atom. The molecular formula is C19H17FN2O4S. The summed E-state index contributed by atoms with van der Waals surface area (Å²) in [5.41, 5.74) is 1.57. The summed E-state index contributed by atoms with van der Waals surface area (Å²) in [6.07, 6.45) is 0. The summed E-state index contributed by atoms with van der Waals surface area (Å²) >= 11 is 1.39. The van der Waals surface area contributed by atoms with Crippen LogP contribution in [0.25, 0.3) is 0 Å². The van der Waals surface area contributed by atoms with Crippen molar-refractivity contribution >= 4 is 28.1 Å². The van der Waals surface area contributed by atoms with Crippen molar-refractivity contribution < 1.29 is 23.4 Å². The average Bonchev–Trinajstić information content (AvgIpc) is 3.14. The molecule has 0 radical (unpaired) electrons. The van der Waals surface area contributed by atoms with Crippen LogP contribution in [-0.2, 0) is 11.3 Å². The lowest BCUT2D eigenvalue weighted by Gasteiger charge is -2.06. The molecule has 27 heavy (non-hydrogen) atoms. The summed E-state index contributed by atoms with van der Waals surface area (Å²) in [6.45, 7) is -0.00667. The van der Waals surface area contributed by atoms with Gasteiger partial charge >= 0.3 is 5.97 Å². The number of anilines is 2. The van der Waals surface area contributed by atoms with Crippen LogP contribution in [0.15, 0.2) is 47.8 Å². The maximum atomic E-state index is 13.7. The van der Waals surface area contributed by atoms with E-state index in [1.165, 1.54) is 30.6 Å². The van der Waals surface area contributed by atoms with E-state index in [0.717, 1.165) is 17.5 Å². The molecule has 3 rings (SSSR count). The van der Waals surface area contributed by atoms with Gasteiger partial charge in [0.15, 0.2) is 16.7 Å². The van der Waals surface area contributed by atoms with Crippen LogP contribution in [-0.4, -0.2) is 25.2 Å². The number of nitrogens with zero attached hydrogens (tertiary/aromatic N) is 1. The number of hydrogen-bond donors (Lipinski definition) is 1. The van der Waals surface area contributed by atoms with Crippen molar-refractivity contribution in [3.8, 4) is 11.5 Å². The maximum Gasteiger partial charge on any atom is 0.338 e. The molecule has 0 fully saturated rings. The highest BCUT2D eigenvalue weighted by molar-refractivity contribution is 7.13. The summed E-state index contributed by atoms with van der Waals surface area (Å²) in [6, 6.07) is 11.3. The molecule has 0 saturated carbocycles. The van der Waals surface area contributed by atoms with Crippen LogP contribution < -0.4 is 14.8 Å². The van der Waals surface area contributed by atoms with Crippen LogP contribution in [0.4, 0.5) is 15.2 Å². The van der Waals surface area contributed by atoms with Crippen LogP contribution in [0, 0.1) is 5.82 Å². The summed E-state index contributed by atoms with van der Waals surface area (Å²) in [4.78, 5) is 16.4. The van der Waals surface area contributed by atoms with E-state index in [2.05, 4.69) is 10.3 Å². The van der Waals surface area contributed by atoms with Gasteiger partial charge in [-0.2, -0.15) is 0 Å². The van der Waals surface area contributed by atoms with Crippen molar-refractivity contribution in [2.45, 2.75) is 6.61 Å². The number of thiazole rings is 1. The van der Waals surface area contributed by atoms with Crippen LogP contribution in [0.3, 0.4) is 0 Å². The lowest BCUT2D eigenvalue weighted by molar-refractivity contribution is 0.0468. The zero-order valence-corrected chi connectivity index (χ0v) is 15.5. The van der Waals surface area contributed by atoms with Crippen LogP contribution in [0.2, 0.25) is 0 Å². The Bertz CT molecular complexity index is 928. The fourth-order valence-corrected chi connectivity index (χ4v) is 2.96. The van der Waals surface area contributed by atoms with Gasteiger partial charge in [-0.15, -0.1) is 11.3 Å². The monoisotopic (exact) mass is 388 g/mol. The van der Waals surface area contributed by atoms with Gasteiger partial charge in [0.25, 0.3) is 0 Å². The summed E-state index contributed by atoms with van der Waals surface area (Å²) in [5, 5.41) is 5.62. The van der Waals surface area contributed by atoms with Crippen molar-refractivity contribution in [3.05, 3.63) is 64.9 Å². The van der Waals surface area contributed by atoms with Crippen LogP contribution in [0.5, 0.6) is 11.5 Å². The Kier molecular flexibility index (Phi) is 5.87. The molecule has 0 spiro atoms. The molecule has 0 aliphatic carbocycles. The average molecular weight is 388 g/mol. The SMILES string of the molecule is COc1ccc(Nc2nc(COC(=O)c3ccc(OC)c(F)c3)cs2)cc1. The number of benzene rings is 2. The first-order valence-electron chi connectivity index (χ1n) is 7.95. The number of carbonyl (C=O) groups excluding carboxylic acids is 1. The minimum Gasteiger partial charge on any atom is -0.497 e. The minimum absolute atomic E-state index is 0.00667. The highest BCUT2D eigenvalue weighted by atomic mass is 32.1. The molecule has 1 heterocycles. The Morgan fingerprint density at radius 3 is 2.59 bits per heavy atom. The Hall–Kier alpha value is -3.13. The predicted molar refractivity (Wildman–Crippen MR) is 100 cm³/mol. The third-order valence-corrected chi connectivity index (χ3v) is 4.44. The molecule has 0 bridgehead atoms. The van der Waals surface area contributed by atoms with Crippen LogP contribution >= 0.6 is 11.3 Å². The lowest BCUT2D eigenvalue weighted by Crippen LogP contribution is -2.06. The van der Waals surface area contributed by atoms with Gasteiger partial charge in [0, 0.05) is 11.1 Å². The number of esters is 1. The number of methoxy groups -OCH3 is 2. The van der Waals surface area contributed by atoms with Gasteiger partial charge in [0.2, 0.25) is 0 Å². The van der Waals surface area contributed by atoms with Crippen molar-refractivity contribution in [3.63, 3.8) is 0 Å². The van der Waals surface area contributed by atoms with Gasteiger partial charge in [-0.1, -0.05) is 0 Å². The molecule has 0 saturated heterocycles. The number of nitrogens with one attached hydrogen (secondary N) is 1. The largest absolute Gasteiger partial charge is 0.497 e. The minimum atomic E-state index is -0.630. The summed E-state index contributed by atoms with van der Waals surface area (Å²) in [7, 11) is 2.97. The summed E-state index contributed by atoms with van der Waals surface area (Å²) < 4.78 is 28.8. The maximum absolute atomic E-state index is 13.7. The van der Waals surface area contributed by atoms with E-state index in [0.29, 0.717) is 10.8 Å². The normalized spacial score (nSPS) is 10.3. The highest BCUT2D eigenvalue weighted by Crippen LogP contribution is 2.23. The van der Waals surface area contributed by atoms with Crippen molar-refractivity contribution in [2.24, 2.45) is 0 Å². The second-order valence-electron chi connectivity index (χ2n) is 5.42. The van der Waals surface area contributed by atoms with Gasteiger partial charge in [0.1, 0.15) is 12.4 Å². The first kappa shape index (κ1) is 18.7. The third kappa shape index (κ3) is 4.73. The topological polar surface area (TPSA) is 69.7 Å². The molecule has 0 aliphatic rings. The van der Waals surface area contributed by atoms with Gasteiger partial charge in [-0.25, -0.2) is 14.2 Å². The number of aromatic nitrogens is 1. The molecule has 0 atom stereocenters. The van der Waals surface area contributed by atoms with E-state index in [4.69, 9.17) is 14.2 Å². The second kappa shape index (κ2) is 8.50. The molecule has 6 nitrogen and oxygen atoms in total. The Balaban J connectivity index is 1.57. The molecular weight excluding hydrogens is 371 g/mol. The Morgan fingerprint density at radius 2 is 1.93 bits per heavy atom. The molecule has 0 amide bonds. The van der Waals surface area contributed by atoms with Crippen molar-refractivity contribution in [1.82, 2.24) is 4.98 Å². The quantitative estimate of drug-likeness (QED) is 0.605. The predicted octanol–water partition coefficient (Wildman–Crippen LogP) is 4.40. The fourth-order valence-electron chi connectivity index (χ4n) is 2.24. The first-order chi connectivity index (χ1) is 13.1. The number of rotatable bonds is 7. The number of carbonyl (C=O) groups is 1. The smallest absolute Gasteiger partial charge is 0.338 e. The van der Waals surface area contributed by atoms with Gasteiger partial charge < -0.3 is 19.5 Å². The van der Waals surface area contributed by atoms with E-state index in [1.54, 1.807) is 12.5 Å². The number of ether oxygens (including phenoxy) is 3. The van der Waals surface area contributed by atoms with E-state index < -0.39 is 11.8 Å². The molecule has 0 aliphatic heterocycles. The van der Waals surface area contributed by atoms with E-state index in [9.17, 15) is 9.18 Å². The third-order valence-electron chi connectivity index (χ3n) is 3.63. The molecule has 2 aromatic carbocycles. The fraction of sp³-hybridized carbons (Fsp3) is 0.158. The molecule has 1 aromatic heterocycles.